The molecule has 2 amide bonds. The van der Waals surface area contributed by atoms with Gasteiger partial charge in [-0.25, -0.2) is 14.6 Å². The molecule has 2 aromatic carbocycles. The van der Waals surface area contributed by atoms with Crippen LogP contribution in [0.25, 0.3) is 0 Å². The van der Waals surface area contributed by atoms with Crippen molar-refractivity contribution >= 4 is 46.7 Å². The van der Waals surface area contributed by atoms with Crippen LogP contribution in [0.1, 0.15) is 37.4 Å². The van der Waals surface area contributed by atoms with Gasteiger partial charge >= 0.3 is 11.7 Å². The number of pyridine rings is 1. The second kappa shape index (κ2) is 22.8. The number of ether oxygens (including phenoxy) is 4. The molecule has 0 bridgehead atoms. The molecular formula is C46H53Cl2N9O14. The molecule has 3 aliphatic heterocycles. The van der Waals surface area contributed by atoms with Gasteiger partial charge in [-0.05, 0) is 48.5 Å². The van der Waals surface area contributed by atoms with E-state index in [1.165, 1.54) is 19.1 Å². The van der Waals surface area contributed by atoms with Crippen molar-refractivity contribution in [1.29, 1.82) is 0 Å². The molecule has 8 rings (SSSR count). The van der Waals surface area contributed by atoms with Crippen LogP contribution >= 0.6 is 23.2 Å². The topological polar surface area (TPSA) is 319 Å². The smallest absolute Gasteiger partial charge is 0.330 e. The van der Waals surface area contributed by atoms with Gasteiger partial charge in [0.1, 0.15) is 48.6 Å². The highest BCUT2D eigenvalue weighted by Crippen LogP contribution is 2.41. The third-order valence-electron chi connectivity index (χ3n) is 12.2. The summed E-state index contributed by atoms with van der Waals surface area (Å²) in [7, 11) is 0. The lowest BCUT2D eigenvalue weighted by Crippen LogP contribution is -2.57. The Labute approximate surface area is 414 Å². The molecule has 1 unspecified atom stereocenters. The third-order valence-corrected chi connectivity index (χ3v) is 12.8. The molecule has 6 heterocycles. The van der Waals surface area contributed by atoms with Gasteiger partial charge < -0.3 is 69.9 Å². The summed E-state index contributed by atoms with van der Waals surface area (Å²) in [6.07, 6.45) is -1.17. The monoisotopic (exact) mass is 1030 g/mol. The molecule has 71 heavy (non-hydrogen) atoms. The van der Waals surface area contributed by atoms with E-state index < -0.39 is 77.6 Å². The highest BCUT2D eigenvalue weighted by atomic mass is 35.5. The molecule has 9 N–H and O–H groups in total. The summed E-state index contributed by atoms with van der Waals surface area (Å²) in [6, 6.07) is 13.5. The van der Waals surface area contributed by atoms with Crippen LogP contribution in [0.2, 0.25) is 10.0 Å². The second-order valence-corrected chi connectivity index (χ2v) is 17.9. The van der Waals surface area contributed by atoms with Crippen molar-refractivity contribution in [1.82, 2.24) is 34.3 Å². The van der Waals surface area contributed by atoms with Crippen molar-refractivity contribution in [3.8, 4) is 11.5 Å². The Bertz CT molecular complexity index is 2740. The maximum Gasteiger partial charge on any atom is 0.330 e. The fourth-order valence-corrected chi connectivity index (χ4v) is 8.78. The van der Waals surface area contributed by atoms with Gasteiger partial charge in [0.25, 0.3) is 5.56 Å². The maximum atomic E-state index is 12.7. The van der Waals surface area contributed by atoms with E-state index in [0.29, 0.717) is 35.4 Å². The number of anilines is 1. The number of halogens is 2. The van der Waals surface area contributed by atoms with Crippen LogP contribution in [-0.2, 0) is 40.9 Å². The fraction of sp³-hybridized carbons (Fsp3) is 0.413. The third kappa shape index (κ3) is 12.4. The van der Waals surface area contributed by atoms with Crippen LogP contribution in [0.5, 0.6) is 11.5 Å². The Hall–Kier alpha value is -6.41. The van der Waals surface area contributed by atoms with Gasteiger partial charge in [0.2, 0.25) is 17.6 Å². The number of carboxylic acids is 1. The van der Waals surface area contributed by atoms with Crippen LogP contribution < -0.4 is 31.9 Å². The molecule has 0 saturated carbocycles. The summed E-state index contributed by atoms with van der Waals surface area (Å²) in [5.41, 5.74) is 6.15. The van der Waals surface area contributed by atoms with Gasteiger partial charge in [0.15, 0.2) is 12.3 Å². The van der Waals surface area contributed by atoms with Crippen LogP contribution in [0, 0.1) is 5.92 Å². The summed E-state index contributed by atoms with van der Waals surface area (Å²) < 4.78 is 26.8. The Morgan fingerprint density at radius 3 is 2.37 bits per heavy atom. The molecule has 3 saturated heterocycles. The van der Waals surface area contributed by atoms with Crippen molar-refractivity contribution in [3.05, 3.63) is 134 Å². The maximum absolute atomic E-state index is 12.7. The summed E-state index contributed by atoms with van der Waals surface area (Å²) in [5.74, 6) is -3.95. The Balaban J connectivity index is 0.000000209. The number of aromatic hydroxyl groups is 1. The SMILES string of the molecule is CC(=O)N1CCN(c2ccc(OC[C@H]3CO[C@](Cn4ccnc4)(c4ccc(Cl)cc4Cl)O3)cc2)CC1.C[C@@H]([C@H](N)C(=O)N[C@H](C(=O)O)[C@H]1OC(n2ccc(=O)[nH]c2=O)[C@H](O)[C@@H]1O)[C@H](O)c1ccc(O)cn1. The van der Waals surface area contributed by atoms with Gasteiger partial charge in [0.05, 0.1) is 42.4 Å². The lowest BCUT2D eigenvalue weighted by atomic mass is 9.92. The molecular weight excluding hydrogens is 973 g/mol. The summed E-state index contributed by atoms with van der Waals surface area (Å²) in [6.45, 7) is 7.22. The van der Waals surface area contributed by atoms with Crippen molar-refractivity contribution in [3.63, 3.8) is 0 Å². The highest BCUT2D eigenvalue weighted by molar-refractivity contribution is 6.35. The van der Waals surface area contributed by atoms with E-state index in [1.807, 2.05) is 51.0 Å². The first-order valence-electron chi connectivity index (χ1n) is 22.2. The molecule has 380 valence electrons. The van der Waals surface area contributed by atoms with Crippen LogP contribution in [0.4, 0.5) is 5.69 Å². The number of carbonyl (C=O) groups excluding carboxylic acids is 2. The van der Waals surface area contributed by atoms with E-state index in [1.54, 1.807) is 31.6 Å². The zero-order valence-corrected chi connectivity index (χ0v) is 39.7. The van der Waals surface area contributed by atoms with Gasteiger partial charge in [-0.15, -0.1) is 0 Å². The number of aliphatic hydroxyl groups is 3. The molecule has 10 atom stereocenters. The molecule has 3 fully saturated rings. The van der Waals surface area contributed by atoms with Crippen molar-refractivity contribution in [2.24, 2.45) is 11.7 Å². The van der Waals surface area contributed by atoms with Gasteiger partial charge in [-0.2, -0.15) is 0 Å². The fourth-order valence-electron chi connectivity index (χ4n) is 8.23. The Kier molecular flexibility index (Phi) is 16.8. The average Bonchev–Trinajstić information content (AvgIpc) is 4.09. The lowest BCUT2D eigenvalue weighted by molar-refractivity contribution is -0.189. The second-order valence-electron chi connectivity index (χ2n) is 17.0. The van der Waals surface area contributed by atoms with E-state index in [2.05, 4.69) is 20.2 Å². The number of imidazole rings is 1. The molecule has 3 aliphatic rings. The number of H-pyrrole nitrogens is 1. The molecule has 25 heteroatoms. The zero-order valence-electron chi connectivity index (χ0n) is 38.2. The molecule has 5 aromatic rings. The normalized spacial score (nSPS) is 23.7. The van der Waals surface area contributed by atoms with Crippen molar-refractivity contribution in [2.45, 2.75) is 75.0 Å². The highest BCUT2D eigenvalue weighted by Gasteiger charge is 2.51. The quantitative estimate of drug-likeness (QED) is 0.0717. The standard InChI is InChI=1S/C26H28Cl2N4O4.C20H25N5O10/c1-19(33)31-10-12-32(13-11-31)21-3-5-22(6-4-21)34-15-23-16-35-26(36-23,17-30-9-8-29-18-30)24-7-2-20(27)14-25(24)28;1-7(13(28)9-3-2-8(26)6-22-9)11(21)17(31)24-12(19(32)33)16-14(29)15(30)18(35-16)25-5-4-10(27)23-20(25)34/h2-9,14,18,23H,10-13,15-17H2,1H3;2-7,11-16,18,26,28-30H,21H2,1H3,(H,24,31)(H,32,33)(H,23,27,34)/t23-,26-;7-,11-,12-,13-,14-,15+,16+,18?/m00/s1. The average molecular weight is 1030 g/mol. The summed E-state index contributed by atoms with van der Waals surface area (Å²) in [4.78, 5) is 73.5. The van der Waals surface area contributed by atoms with Crippen LogP contribution in [0.3, 0.4) is 0 Å². The van der Waals surface area contributed by atoms with Crippen LogP contribution in [-0.4, -0.2) is 148 Å². The molecule has 0 aliphatic carbocycles. The number of aliphatic carboxylic acids is 1. The Morgan fingerprint density at radius 1 is 1.01 bits per heavy atom. The number of rotatable bonds is 15. The first-order valence-corrected chi connectivity index (χ1v) is 23.0. The molecule has 0 spiro atoms. The number of carboxylic acid groups (broad SMARTS) is 1. The molecule has 3 aromatic heterocycles. The first kappa shape index (κ1) is 52.4. The molecule has 23 nitrogen and oxygen atoms in total. The molecule has 0 radical (unpaired) electrons. The predicted octanol–water partition coefficient (Wildman–Crippen LogP) is 0.729. The number of aromatic nitrogens is 5. The largest absolute Gasteiger partial charge is 0.506 e. The number of carbonyl (C=O) groups is 3. The van der Waals surface area contributed by atoms with E-state index in [4.69, 9.17) is 47.9 Å². The van der Waals surface area contributed by atoms with Gasteiger partial charge in [-0.3, -0.25) is 28.9 Å². The van der Waals surface area contributed by atoms with Crippen LogP contribution in [0.15, 0.2) is 101 Å². The number of amides is 2. The number of hydrogen-bond donors (Lipinski definition) is 8. The predicted molar refractivity (Wildman–Crippen MR) is 252 cm³/mol. The lowest BCUT2D eigenvalue weighted by Gasteiger charge is -2.35. The number of nitrogens with zero attached hydrogens (tertiary/aromatic N) is 6. The number of nitrogens with two attached hydrogens (primary N) is 1. The van der Waals surface area contributed by atoms with Gasteiger partial charge in [-0.1, -0.05) is 36.2 Å². The number of hydrogen-bond acceptors (Lipinski definition) is 17. The van der Waals surface area contributed by atoms with E-state index in [-0.39, 0.29) is 23.5 Å². The van der Waals surface area contributed by atoms with E-state index in [9.17, 15) is 49.5 Å². The number of aromatic amines is 1. The summed E-state index contributed by atoms with van der Waals surface area (Å²) >= 11 is 12.7. The van der Waals surface area contributed by atoms with Crippen molar-refractivity contribution in [2.75, 3.05) is 44.3 Å². The number of aliphatic hydroxyl groups excluding tert-OH is 3. The number of benzene rings is 2. The minimum Gasteiger partial charge on any atom is -0.506 e. The summed E-state index contributed by atoms with van der Waals surface area (Å²) in [5, 5.41) is 53.3. The minimum atomic E-state index is -1.90. The number of piperazine rings is 1. The minimum absolute atomic E-state index is 0.111. The van der Waals surface area contributed by atoms with Crippen molar-refractivity contribution < 1.29 is 58.9 Å². The van der Waals surface area contributed by atoms with Gasteiger partial charge in [0, 0.05) is 80.0 Å². The Morgan fingerprint density at radius 2 is 1.75 bits per heavy atom. The van der Waals surface area contributed by atoms with E-state index in [0.717, 1.165) is 60.6 Å². The van der Waals surface area contributed by atoms with E-state index >= 15 is 0 Å². The number of nitrogens with one attached hydrogen (secondary N) is 2. The zero-order chi connectivity index (χ0) is 51.1. The first-order chi connectivity index (χ1) is 33.8.